The molecule has 0 atom stereocenters. The average molecular weight is 287 g/mol. The van der Waals surface area contributed by atoms with Gasteiger partial charge in [0.15, 0.2) is 0 Å². The Morgan fingerprint density at radius 1 is 1.42 bits per heavy atom. The van der Waals surface area contributed by atoms with Crippen LogP contribution in [0, 0.1) is 11.7 Å². The fourth-order valence-electron chi connectivity index (χ4n) is 1.50. The van der Waals surface area contributed by atoms with Gasteiger partial charge in [-0.15, -0.1) is 0 Å². The molecule has 5 heteroatoms. The Balaban J connectivity index is 2.22. The SMILES string of the molecule is CC(C)CNC(=O)CCNCc1ccc(Cl)cc1F. The van der Waals surface area contributed by atoms with E-state index < -0.39 is 0 Å². The van der Waals surface area contributed by atoms with Gasteiger partial charge in [-0.1, -0.05) is 31.5 Å². The molecule has 1 rings (SSSR count). The van der Waals surface area contributed by atoms with Crippen LogP contribution in [0.2, 0.25) is 5.02 Å². The molecule has 3 nitrogen and oxygen atoms in total. The first kappa shape index (κ1) is 15.9. The minimum absolute atomic E-state index is 0.0118. The molecule has 0 spiro atoms. The van der Waals surface area contributed by atoms with Crippen molar-refractivity contribution >= 4 is 17.5 Å². The zero-order valence-electron chi connectivity index (χ0n) is 11.3. The molecule has 0 aromatic heterocycles. The summed E-state index contributed by atoms with van der Waals surface area (Å²) < 4.78 is 13.4. The van der Waals surface area contributed by atoms with Crippen molar-refractivity contribution < 1.29 is 9.18 Å². The fourth-order valence-corrected chi connectivity index (χ4v) is 1.66. The van der Waals surface area contributed by atoms with Gasteiger partial charge in [0, 0.05) is 36.6 Å². The van der Waals surface area contributed by atoms with Gasteiger partial charge in [-0.25, -0.2) is 4.39 Å². The van der Waals surface area contributed by atoms with Crippen molar-refractivity contribution in [2.75, 3.05) is 13.1 Å². The molecule has 1 amide bonds. The number of nitrogens with one attached hydrogen (secondary N) is 2. The van der Waals surface area contributed by atoms with Gasteiger partial charge in [0.25, 0.3) is 0 Å². The van der Waals surface area contributed by atoms with Gasteiger partial charge in [-0.3, -0.25) is 4.79 Å². The van der Waals surface area contributed by atoms with Crippen molar-refractivity contribution in [1.82, 2.24) is 10.6 Å². The molecule has 0 unspecified atom stereocenters. The van der Waals surface area contributed by atoms with Crippen LogP contribution in [0.1, 0.15) is 25.8 Å². The lowest BCUT2D eigenvalue weighted by Gasteiger charge is -2.08. The topological polar surface area (TPSA) is 41.1 Å². The van der Waals surface area contributed by atoms with E-state index in [1.54, 1.807) is 12.1 Å². The molecule has 0 aliphatic rings. The molecule has 19 heavy (non-hydrogen) atoms. The number of carbonyl (C=O) groups excluding carboxylic acids is 1. The van der Waals surface area contributed by atoms with Gasteiger partial charge >= 0.3 is 0 Å². The molecule has 0 aliphatic carbocycles. The maximum Gasteiger partial charge on any atom is 0.221 e. The van der Waals surface area contributed by atoms with E-state index in [1.165, 1.54) is 6.07 Å². The third-order valence-electron chi connectivity index (χ3n) is 2.57. The molecule has 0 bridgehead atoms. The third-order valence-corrected chi connectivity index (χ3v) is 2.80. The summed E-state index contributed by atoms with van der Waals surface area (Å²) >= 11 is 5.67. The summed E-state index contributed by atoms with van der Waals surface area (Å²) in [5.41, 5.74) is 0.548. The Bertz CT molecular complexity index is 424. The summed E-state index contributed by atoms with van der Waals surface area (Å²) in [4.78, 5) is 11.4. The largest absolute Gasteiger partial charge is 0.356 e. The molecular formula is C14H20ClFN2O. The zero-order chi connectivity index (χ0) is 14.3. The van der Waals surface area contributed by atoms with E-state index in [1.807, 2.05) is 13.8 Å². The van der Waals surface area contributed by atoms with Crippen LogP contribution in [0.3, 0.4) is 0 Å². The van der Waals surface area contributed by atoms with E-state index >= 15 is 0 Å². The highest BCUT2D eigenvalue weighted by Crippen LogP contribution is 2.14. The highest BCUT2D eigenvalue weighted by atomic mass is 35.5. The minimum atomic E-state index is -0.329. The minimum Gasteiger partial charge on any atom is -0.356 e. The fraction of sp³-hybridized carbons (Fsp3) is 0.500. The van der Waals surface area contributed by atoms with Crippen molar-refractivity contribution in [2.45, 2.75) is 26.8 Å². The van der Waals surface area contributed by atoms with Crippen LogP contribution in [0.25, 0.3) is 0 Å². The van der Waals surface area contributed by atoms with Gasteiger partial charge in [0.1, 0.15) is 5.82 Å². The Morgan fingerprint density at radius 2 is 2.16 bits per heavy atom. The lowest BCUT2D eigenvalue weighted by Crippen LogP contribution is -2.30. The number of benzene rings is 1. The molecule has 0 saturated heterocycles. The first-order valence-corrected chi connectivity index (χ1v) is 6.78. The second kappa shape index (κ2) is 8.12. The molecule has 1 aromatic carbocycles. The molecule has 0 aliphatic heterocycles. The Kier molecular flexibility index (Phi) is 6.81. The van der Waals surface area contributed by atoms with Crippen molar-refractivity contribution in [2.24, 2.45) is 5.92 Å². The van der Waals surface area contributed by atoms with Gasteiger partial charge in [-0.2, -0.15) is 0 Å². The number of hydrogen-bond acceptors (Lipinski definition) is 2. The van der Waals surface area contributed by atoms with E-state index in [2.05, 4.69) is 10.6 Å². The van der Waals surface area contributed by atoms with Crippen molar-refractivity contribution in [3.8, 4) is 0 Å². The van der Waals surface area contributed by atoms with Crippen LogP contribution in [-0.4, -0.2) is 19.0 Å². The van der Waals surface area contributed by atoms with Crippen molar-refractivity contribution in [1.29, 1.82) is 0 Å². The molecule has 0 fully saturated rings. The van der Waals surface area contributed by atoms with E-state index in [0.29, 0.717) is 42.6 Å². The van der Waals surface area contributed by atoms with E-state index in [9.17, 15) is 9.18 Å². The highest BCUT2D eigenvalue weighted by Gasteiger charge is 2.04. The Hall–Kier alpha value is -1.13. The summed E-state index contributed by atoms with van der Waals surface area (Å²) in [6.07, 6.45) is 0.391. The van der Waals surface area contributed by atoms with E-state index in [4.69, 9.17) is 11.6 Å². The molecule has 2 N–H and O–H groups in total. The van der Waals surface area contributed by atoms with Gasteiger partial charge in [0.2, 0.25) is 5.91 Å². The standard InChI is InChI=1S/C14H20ClFN2O/c1-10(2)8-18-14(19)5-6-17-9-11-3-4-12(15)7-13(11)16/h3-4,7,10,17H,5-6,8-9H2,1-2H3,(H,18,19). The van der Waals surface area contributed by atoms with E-state index in [0.717, 1.165) is 0 Å². The van der Waals surface area contributed by atoms with Crippen LogP contribution in [0.4, 0.5) is 4.39 Å². The average Bonchev–Trinajstić information content (AvgIpc) is 2.34. The zero-order valence-corrected chi connectivity index (χ0v) is 12.1. The number of rotatable bonds is 7. The van der Waals surface area contributed by atoms with Crippen LogP contribution in [-0.2, 0) is 11.3 Å². The lowest BCUT2D eigenvalue weighted by atomic mass is 10.2. The Morgan fingerprint density at radius 3 is 2.79 bits per heavy atom. The first-order valence-electron chi connectivity index (χ1n) is 6.40. The van der Waals surface area contributed by atoms with Gasteiger partial charge in [-0.05, 0) is 18.1 Å². The normalized spacial score (nSPS) is 10.8. The van der Waals surface area contributed by atoms with Crippen LogP contribution >= 0.6 is 11.6 Å². The summed E-state index contributed by atoms with van der Waals surface area (Å²) in [5.74, 6) is 0.127. The Labute approximate surface area is 118 Å². The van der Waals surface area contributed by atoms with Gasteiger partial charge in [0.05, 0.1) is 0 Å². The molecule has 0 radical (unpaired) electrons. The molecular weight excluding hydrogens is 267 g/mol. The van der Waals surface area contributed by atoms with Crippen molar-refractivity contribution in [3.63, 3.8) is 0 Å². The number of hydrogen-bond donors (Lipinski definition) is 2. The maximum atomic E-state index is 13.4. The third kappa shape index (κ3) is 6.55. The van der Waals surface area contributed by atoms with Crippen LogP contribution < -0.4 is 10.6 Å². The quantitative estimate of drug-likeness (QED) is 0.757. The predicted octanol–water partition coefficient (Wildman–Crippen LogP) is 2.73. The van der Waals surface area contributed by atoms with Crippen LogP contribution in [0.5, 0.6) is 0 Å². The van der Waals surface area contributed by atoms with Gasteiger partial charge < -0.3 is 10.6 Å². The number of halogens is 2. The van der Waals surface area contributed by atoms with E-state index in [-0.39, 0.29) is 11.7 Å². The summed E-state index contributed by atoms with van der Waals surface area (Å²) in [6, 6.07) is 4.58. The smallest absolute Gasteiger partial charge is 0.221 e. The maximum absolute atomic E-state index is 13.4. The first-order chi connectivity index (χ1) is 8.99. The van der Waals surface area contributed by atoms with Crippen molar-refractivity contribution in [3.05, 3.63) is 34.6 Å². The number of carbonyl (C=O) groups is 1. The molecule has 106 valence electrons. The monoisotopic (exact) mass is 286 g/mol. The molecule has 0 saturated carbocycles. The summed E-state index contributed by atoms with van der Waals surface area (Å²) in [5, 5.41) is 6.25. The summed E-state index contributed by atoms with van der Waals surface area (Å²) in [6.45, 7) is 5.68. The lowest BCUT2D eigenvalue weighted by molar-refractivity contribution is -0.121. The van der Waals surface area contributed by atoms with Crippen LogP contribution in [0.15, 0.2) is 18.2 Å². The molecule has 0 heterocycles. The predicted molar refractivity (Wildman–Crippen MR) is 75.6 cm³/mol. The number of amides is 1. The molecule has 1 aromatic rings. The highest BCUT2D eigenvalue weighted by molar-refractivity contribution is 6.30. The second-order valence-corrected chi connectivity index (χ2v) is 5.30. The second-order valence-electron chi connectivity index (χ2n) is 4.86. The summed E-state index contributed by atoms with van der Waals surface area (Å²) in [7, 11) is 0.